The maximum Gasteiger partial charge on any atom is 0.341 e. The van der Waals surface area contributed by atoms with Crippen LogP contribution in [0.25, 0.3) is 0 Å². The van der Waals surface area contributed by atoms with E-state index in [2.05, 4.69) is 20.3 Å². The van der Waals surface area contributed by atoms with Crippen molar-refractivity contribution in [1.82, 2.24) is 15.0 Å². The molecule has 0 unspecified atom stereocenters. The summed E-state index contributed by atoms with van der Waals surface area (Å²) in [4.78, 5) is 24.2. The van der Waals surface area contributed by atoms with Gasteiger partial charge in [-0.2, -0.15) is 9.97 Å². The molecule has 0 saturated carbocycles. The number of hydrogen-bond donors (Lipinski definition) is 1. The van der Waals surface area contributed by atoms with Crippen molar-refractivity contribution < 1.29 is 28.5 Å². The molecule has 0 saturated heterocycles. The van der Waals surface area contributed by atoms with Crippen molar-refractivity contribution in [3.63, 3.8) is 0 Å². The lowest BCUT2D eigenvalue weighted by molar-refractivity contribution is 0.0597. The van der Waals surface area contributed by atoms with E-state index in [4.69, 9.17) is 23.7 Å². The molecule has 0 fully saturated rings. The summed E-state index contributed by atoms with van der Waals surface area (Å²) in [7, 11) is 5.86. The second-order valence-corrected chi connectivity index (χ2v) is 5.72. The van der Waals surface area contributed by atoms with E-state index in [9.17, 15) is 4.79 Å². The zero-order valence-corrected chi connectivity index (χ0v) is 16.8. The van der Waals surface area contributed by atoms with Crippen LogP contribution in [0, 0.1) is 0 Å². The second kappa shape index (κ2) is 9.41. The number of carbonyl (C=O) groups is 1. The number of rotatable bonds is 8. The lowest BCUT2D eigenvalue weighted by atomic mass is 10.2. The van der Waals surface area contributed by atoms with Crippen molar-refractivity contribution >= 4 is 17.6 Å². The van der Waals surface area contributed by atoms with Crippen molar-refractivity contribution in [2.75, 3.05) is 33.8 Å². The number of esters is 1. The molecule has 0 atom stereocenters. The van der Waals surface area contributed by atoms with Gasteiger partial charge >= 0.3 is 12.0 Å². The number of para-hydroxylation sites is 1. The largest absolute Gasteiger partial charge is 0.493 e. The quantitative estimate of drug-likeness (QED) is 0.553. The molecule has 0 aliphatic rings. The van der Waals surface area contributed by atoms with Crippen LogP contribution in [-0.2, 0) is 4.74 Å². The van der Waals surface area contributed by atoms with Gasteiger partial charge in [0.25, 0.3) is 0 Å². The fourth-order valence-electron chi connectivity index (χ4n) is 2.61. The molecular weight excluding hydrogens is 392 g/mol. The predicted molar refractivity (Wildman–Crippen MR) is 107 cm³/mol. The minimum absolute atomic E-state index is 0.00343. The number of aromatic nitrogens is 3. The first kappa shape index (κ1) is 20.6. The SMILES string of the molecule is COC(=O)c1ccccc1Oc1ncnc(Nc2cc(OC)c(OC)c(OC)c2)n1. The van der Waals surface area contributed by atoms with Crippen molar-refractivity contribution in [3.05, 3.63) is 48.3 Å². The van der Waals surface area contributed by atoms with Crippen LogP contribution in [0.3, 0.4) is 0 Å². The highest BCUT2D eigenvalue weighted by molar-refractivity contribution is 5.92. The van der Waals surface area contributed by atoms with Crippen molar-refractivity contribution in [3.8, 4) is 29.0 Å². The summed E-state index contributed by atoms with van der Waals surface area (Å²) < 4.78 is 26.4. The van der Waals surface area contributed by atoms with E-state index in [-0.39, 0.29) is 23.3 Å². The number of anilines is 2. The van der Waals surface area contributed by atoms with E-state index < -0.39 is 5.97 Å². The van der Waals surface area contributed by atoms with Gasteiger partial charge in [-0.1, -0.05) is 12.1 Å². The molecule has 0 spiro atoms. The van der Waals surface area contributed by atoms with Crippen LogP contribution in [-0.4, -0.2) is 49.4 Å². The Labute approximate surface area is 172 Å². The molecule has 3 aromatic rings. The van der Waals surface area contributed by atoms with E-state index in [1.165, 1.54) is 34.8 Å². The maximum absolute atomic E-state index is 11.9. The normalized spacial score (nSPS) is 10.1. The number of ether oxygens (including phenoxy) is 5. The number of carbonyl (C=O) groups excluding carboxylic acids is 1. The molecule has 3 rings (SSSR count). The number of nitrogens with one attached hydrogen (secondary N) is 1. The summed E-state index contributed by atoms with van der Waals surface area (Å²) in [6, 6.07) is 10.0. The number of nitrogens with zero attached hydrogens (tertiary/aromatic N) is 3. The summed E-state index contributed by atoms with van der Waals surface area (Å²) >= 11 is 0. The molecule has 1 aromatic heterocycles. The van der Waals surface area contributed by atoms with E-state index in [0.29, 0.717) is 22.9 Å². The van der Waals surface area contributed by atoms with E-state index in [0.717, 1.165) is 0 Å². The molecule has 10 nitrogen and oxygen atoms in total. The zero-order valence-electron chi connectivity index (χ0n) is 16.8. The van der Waals surface area contributed by atoms with Gasteiger partial charge in [-0.3, -0.25) is 0 Å². The van der Waals surface area contributed by atoms with Gasteiger partial charge in [0.1, 0.15) is 17.6 Å². The van der Waals surface area contributed by atoms with Gasteiger partial charge in [0.2, 0.25) is 11.7 Å². The topological polar surface area (TPSA) is 114 Å². The van der Waals surface area contributed by atoms with Gasteiger partial charge in [-0.15, -0.1) is 0 Å². The molecular formula is C20H20N4O6. The minimum atomic E-state index is -0.532. The number of hydrogen-bond acceptors (Lipinski definition) is 10. The van der Waals surface area contributed by atoms with Crippen LogP contribution in [0.15, 0.2) is 42.7 Å². The summed E-state index contributed by atoms with van der Waals surface area (Å²) in [5.41, 5.74) is 0.844. The van der Waals surface area contributed by atoms with E-state index in [1.54, 1.807) is 36.4 Å². The maximum atomic E-state index is 11.9. The molecule has 0 bridgehead atoms. The molecule has 2 aromatic carbocycles. The van der Waals surface area contributed by atoms with Crippen molar-refractivity contribution in [1.29, 1.82) is 0 Å². The second-order valence-electron chi connectivity index (χ2n) is 5.72. The van der Waals surface area contributed by atoms with Crippen LogP contribution in [0.1, 0.15) is 10.4 Å². The van der Waals surface area contributed by atoms with Crippen molar-refractivity contribution in [2.24, 2.45) is 0 Å². The Morgan fingerprint density at radius 1 is 0.900 bits per heavy atom. The van der Waals surface area contributed by atoms with Crippen LogP contribution >= 0.6 is 0 Å². The highest BCUT2D eigenvalue weighted by Gasteiger charge is 2.16. The Bertz CT molecular complexity index is 1020. The third-order valence-corrected chi connectivity index (χ3v) is 3.96. The van der Waals surface area contributed by atoms with Crippen LogP contribution in [0.2, 0.25) is 0 Å². The first-order valence-corrected chi connectivity index (χ1v) is 8.70. The van der Waals surface area contributed by atoms with E-state index in [1.807, 2.05) is 0 Å². The van der Waals surface area contributed by atoms with Crippen LogP contribution in [0.5, 0.6) is 29.0 Å². The van der Waals surface area contributed by atoms with Gasteiger partial charge in [-0.25, -0.2) is 9.78 Å². The molecule has 156 valence electrons. The smallest absolute Gasteiger partial charge is 0.341 e. The molecule has 0 aliphatic heterocycles. The Hall–Kier alpha value is -4.08. The fourth-order valence-corrected chi connectivity index (χ4v) is 2.61. The third kappa shape index (κ3) is 4.49. The lowest BCUT2D eigenvalue weighted by Gasteiger charge is -2.14. The number of benzene rings is 2. The predicted octanol–water partition coefficient (Wildman–Crippen LogP) is 3.22. The van der Waals surface area contributed by atoms with Crippen LogP contribution < -0.4 is 24.3 Å². The van der Waals surface area contributed by atoms with Gasteiger partial charge < -0.3 is 29.0 Å². The highest BCUT2D eigenvalue weighted by atomic mass is 16.5. The molecule has 1 N–H and O–H groups in total. The monoisotopic (exact) mass is 412 g/mol. The van der Waals surface area contributed by atoms with Crippen LogP contribution in [0.4, 0.5) is 11.6 Å². The minimum Gasteiger partial charge on any atom is -0.493 e. The lowest BCUT2D eigenvalue weighted by Crippen LogP contribution is -2.05. The third-order valence-electron chi connectivity index (χ3n) is 3.96. The molecule has 1 heterocycles. The summed E-state index contributed by atoms with van der Waals surface area (Å²) in [5, 5.41) is 3.03. The highest BCUT2D eigenvalue weighted by Crippen LogP contribution is 2.40. The van der Waals surface area contributed by atoms with Gasteiger partial charge in [0.15, 0.2) is 11.5 Å². The average Bonchev–Trinajstić information content (AvgIpc) is 2.78. The standard InChI is InChI=1S/C20H20N4O6/c1-26-15-9-12(10-16(27-2)17(15)28-3)23-19-21-11-22-20(24-19)30-14-8-6-5-7-13(14)18(25)29-4/h5-11H,1-4H3,(H,21,22,23,24). The van der Waals surface area contributed by atoms with Gasteiger partial charge in [0, 0.05) is 17.8 Å². The van der Waals surface area contributed by atoms with Gasteiger partial charge in [-0.05, 0) is 12.1 Å². The molecule has 30 heavy (non-hydrogen) atoms. The average molecular weight is 412 g/mol. The molecule has 0 aliphatic carbocycles. The zero-order chi connectivity index (χ0) is 21.5. The molecule has 0 radical (unpaired) electrons. The summed E-state index contributed by atoms with van der Waals surface area (Å²) in [5.74, 6) is 1.34. The first-order valence-electron chi connectivity index (χ1n) is 8.70. The van der Waals surface area contributed by atoms with Gasteiger partial charge in [0.05, 0.1) is 28.4 Å². The molecule has 0 amide bonds. The molecule has 10 heteroatoms. The summed E-state index contributed by atoms with van der Waals surface area (Å²) in [6.45, 7) is 0. The number of methoxy groups -OCH3 is 4. The Kier molecular flexibility index (Phi) is 6.48. The van der Waals surface area contributed by atoms with Crippen molar-refractivity contribution in [2.45, 2.75) is 0 Å². The Balaban J connectivity index is 1.86. The van der Waals surface area contributed by atoms with E-state index >= 15 is 0 Å². The fraction of sp³-hybridized carbons (Fsp3) is 0.200. The Morgan fingerprint density at radius 3 is 2.23 bits per heavy atom. The Morgan fingerprint density at radius 2 is 1.60 bits per heavy atom. The first-order chi connectivity index (χ1) is 14.6. The summed E-state index contributed by atoms with van der Waals surface area (Å²) in [6.07, 6.45) is 1.28.